The Labute approximate surface area is 147 Å². The van der Waals surface area contributed by atoms with Crippen LogP contribution in [0.4, 0.5) is 0 Å². The number of aliphatic carboxylic acids is 1. The normalized spacial score (nSPS) is 22.6. The van der Waals surface area contributed by atoms with E-state index in [-0.39, 0.29) is 24.2 Å². The average Bonchev–Trinajstić information content (AvgIpc) is 3.35. The SMILES string of the molecule is Cc1ccc(CN2C[C@@H](C(=O)N[C@](C)(C(=O)O)C3CC3)CC2=O)cc1. The lowest BCUT2D eigenvalue weighted by Gasteiger charge is -2.27. The molecule has 2 amide bonds. The number of carbonyl (C=O) groups is 3. The van der Waals surface area contributed by atoms with Crippen LogP contribution < -0.4 is 5.32 Å². The summed E-state index contributed by atoms with van der Waals surface area (Å²) >= 11 is 0. The van der Waals surface area contributed by atoms with Crippen LogP contribution in [-0.4, -0.2) is 39.9 Å². The molecule has 6 nitrogen and oxygen atoms in total. The fourth-order valence-corrected chi connectivity index (χ4v) is 3.36. The Morgan fingerprint density at radius 2 is 1.92 bits per heavy atom. The molecule has 25 heavy (non-hydrogen) atoms. The number of aryl methyl sites for hydroxylation is 1. The maximum Gasteiger partial charge on any atom is 0.329 e. The van der Waals surface area contributed by atoms with Gasteiger partial charge in [0.25, 0.3) is 0 Å². The Kier molecular flexibility index (Phi) is 4.54. The Bertz CT molecular complexity index is 696. The van der Waals surface area contributed by atoms with E-state index in [0.717, 1.165) is 24.0 Å². The number of nitrogens with one attached hydrogen (secondary N) is 1. The summed E-state index contributed by atoms with van der Waals surface area (Å²) in [5.41, 5.74) is 0.944. The molecule has 2 N–H and O–H groups in total. The topological polar surface area (TPSA) is 86.7 Å². The van der Waals surface area contributed by atoms with Crippen LogP contribution in [0, 0.1) is 18.8 Å². The van der Waals surface area contributed by atoms with Crippen molar-refractivity contribution >= 4 is 17.8 Å². The van der Waals surface area contributed by atoms with E-state index in [9.17, 15) is 19.5 Å². The molecule has 1 aliphatic heterocycles. The molecule has 1 aliphatic carbocycles. The second-order valence-corrected chi connectivity index (χ2v) is 7.43. The van der Waals surface area contributed by atoms with Crippen molar-refractivity contribution in [1.29, 1.82) is 0 Å². The zero-order chi connectivity index (χ0) is 18.2. The Hall–Kier alpha value is -2.37. The molecule has 0 spiro atoms. The summed E-state index contributed by atoms with van der Waals surface area (Å²) in [5, 5.41) is 12.2. The molecule has 1 heterocycles. The quantitative estimate of drug-likeness (QED) is 0.822. The molecule has 1 aromatic carbocycles. The smallest absolute Gasteiger partial charge is 0.329 e. The molecule has 134 valence electrons. The Morgan fingerprint density at radius 3 is 2.48 bits per heavy atom. The van der Waals surface area contributed by atoms with Crippen LogP contribution in [0.3, 0.4) is 0 Å². The number of likely N-dealkylation sites (tertiary alicyclic amines) is 1. The highest BCUT2D eigenvalue weighted by Crippen LogP contribution is 2.40. The molecule has 6 heteroatoms. The predicted molar refractivity (Wildman–Crippen MR) is 91.6 cm³/mol. The van der Waals surface area contributed by atoms with Gasteiger partial charge in [0.2, 0.25) is 11.8 Å². The second kappa shape index (κ2) is 6.50. The van der Waals surface area contributed by atoms with Gasteiger partial charge < -0.3 is 15.3 Å². The number of carbonyl (C=O) groups excluding carboxylic acids is 2. The maximum atomic E-state index is 12.5. The van der Waals surface area contributed by atoms with E-state index < -0.39 is 17.4 Å². The lowest BCUT2D eigenvalue weighted by molar-refractivity contribution is -0.148. The van der Waals surface area contributed by atoms with Crippen LogP contribution in [-0.2, 0) is 20.9 Å². The van der Waals surface area contributed by atoms with Gasteiger partial charge in [-0.25, -0.2) is 4.79 Å². The summed E-state index contributed by atoms with van der Waals surface area (Å²) in [4.78, 5) is 38.0. The fraction of sp³-hybridized carbons (Fsp3) is 0.526. The van der Waals surface area contributed by atoms with Crippen LogP contribution in [0.15, 0.2) is 24.3 Å². The van der Waals surface area contributed by atoms with Crippen molar-refractivity contribution in [2.75, 3.05) is 6.54 Å². The molecular weight excluding hydrogens is 320 g/mol. The van der Waals surface area contributed by atoms with Crippen molar-refractivity contribution in [1.82, 2.24) is 10.2 Å². The summed E-state index contributed by atoms with van der Waals surface area (Å²) < 4.78 is 0. The van der Waals surface area contributed by atoms with E-state index >= 15 is 0 Å². The van der Waals surface area contributed by atoms with Crippen LogP contribution in [0.2, 0.25) is 0 Å². The van der Waals surface area contributed by atoms with Crippen LogP contribution in [0.25, 0.3) is 0 Å². The Balaban J connectivity index is 1.62. The predicted octanol–water partition coefficient (Wildman–Crippen LogP) is 1.71. The molecule has 1 saturated carbocycles. The van der Waals surface area contributed by atoms with Gasteiger partial charge in [-0.05, 0) is 38.2 Å². The highest BCUT2D eigenvalue weighted by molar-refractivity contribution is 5.92. The Morgan fingerprint density at radius 1 is 1.28 bits per heavy atom. The lowest BCUT2D eigenvalue weighted by Crippen LogP contribution is -2.55. The minimum absolute atomic E-state index is 0.0188. The first-order chi connectivity index (χ1) is 11.8. The first-order valence-corrected chi connectivity index (χ1v) is 8.68. The molecule has 2 atom stereocenters. The second-order valence-electron chi connectivity index (χ2n) is 7.43. The standard InChI is InChI=1S/C19H24N2O4/c1-12-3-5-13(6-4-12)10-21-11-14(9-16(21)22)17(23)20-19(2,18(24)25)15-7-8-15/h3-6,14-15H,7-11H2,1-2H3,(H,20,23)(H,24,25)/t14-,19-/m0/s1. The molecule has 2 fully saturated rings. The van der Waals surface area contributed by atoms with Gasteiger partial charge in [-0.15, -0.1) is 0 Å². The van der Waals surface area contributed by atoms with E-state index in [4.69, 9.17) is 0 Å². The van der Waals surface area contributed by atoms with Crippen molar-refractivity contribution < 1.29 is 19.5 Å². The van der Waals surface area contributed by atoms with Gasteiger partial charge >= 0.3 is 5.97 Å². The van der Waals surface area contributed by atoms with Gasteiger partial charge in [-0.3, -0.25) is 9.59 Å². The summed E-state index contributed by atoms with van der Waals surface area (Å²) in [6.07, 6.45) is 1.76. The van der Waals surface area contributed by atoms with Gasteiger partial charge in [0, 0.05) is 19.5 Å². The summed E-state index contributed by atoms with van der Waals surface area (Å²) in [6.45, 7) is 4.37. The first kappa shape index (κ1) is 17.5. The van der Waals surface area contributed by atoms with Crippen molar-refractivity contribution in [3.8, 4) is 0 Å². The number of nitrogens with zero attached hydrogens (tertiary/aromatic N) is 1. The third-order valence-electron chi connectivity index (χ3n) is 5.30. The van der Waals surface area contributed by atoms with Crippen LogP contribution in [0.1, 0.15) is 37.3 Å². The monoisotopic (exact) mass is 344 g/mol. The number of rotatable bonds is 6. The molecule has 3 rings (SSSR count). The average molecular weight is 344 g/mol. The molecule has 0 radical (unpaired) electrons. The van der Waals surface area contributed by atoms with Crippen molar-refractivity contribution in [3.05, 3.63) is 35.4 Å². The van der Waals surface area contributed by atoms with Gasteiger partial charge in [0.05, 0.1) is 5.92 Å². The van der Waals surface area contributed by atoms with E-state index in [0.29, 0.717) is 13.1 Å². The zero-order valence-electron chi connectivity index (χ0n) is 14.6. The summed E-state index contributed by atoms with van der Waals surface area (Å²) in [7, 11) is 0. The molecule has 0 aromatic heterocycles. The third-order valence-corrected chi connectivity index (χ3v) is 5.30. The lowest BCUT2D eigenvalue weighted by atomic mass is 9.94. The highest BCUT2D eigenvalue weighted by Gasteiger charge is 2.49. The minimum Gasteiger partial charge on any atom is -0.480 e. The molecule has 0 unspecified atom stereocenters. The van der Waals surface area contributed by atoms with Gasteiger partial charge in [0.1, 0.15) is 5.54 Å². The number of hydrogen-bond acceptors (Lipinski definition) is 3. The summed E-state index contributed by atoms with van der Waals surface area (Å²) in [5.74, 6) is -1.92. The molecule has 1 saturated heterocycles. The van der Waals surface area contributed by atoms with E-state index in [1.165, 1.54) is 0 Å². The van der Waals surface area contributed by atoms with Gasteiger partial charge in [-0.1, -0.05) is 29.8 Å². The molecule has 2 aliphatic rings. The minimum atomic E-state index is -1.23. The summed E-state index contributed by atoms with van der Waals surface area (Å²) in [6, 6.07) is 7.94. The third kappa shape index (κ3) is 3.67. The highest BCUT2D eigenvalue weighted by atomic mass is 16.4. The van der Waals surface area contributed by atoms with Gasteiger partial charge in [-0.2, -0.15) is 0 Å². The molecular formula is C19H24N2O4. The fourth-order valence-electron chi connectivity index (χ4n) is 3.36. The molecule has 0 bridgehead atoms. The van der Waals surface area contributed by atoms with E-state index in [1.807, 2.05) is 31.2 Å². The van der Waals surface area contributed by atoms with Crippen molar-refractivity contribution in [2.24, 2.45) is 11.8 Å². The number of carboxylic acid groups (broad SMARTS) is 1. The largest absolute Gasteiger partial charge is 0.480 e. The van der Waals surface area contributed by atoms with Crippen LogP contribution in [0.5, 0.6) is 0 Å². The van der Waals surface area contributed by atoms with Gasteiger partial charge in [0.15, 0.2) is 0 Å². The number of carboxylic acids is 1. The van der Waals surface area contributed by atoms with Crippen molar-refractivity contribution in [3.63, 3.8) is 0 Å². The maximum absolute atomic E-state index is 12.5. The number of hydrogen-bond donors (Lipinski definition) is 2. The first-order valence-electron chi connectivity index (χ1n) is 8.68. The van der Waals surface area contributed by atoms with E-state index in [2.05, 4.69) is 5.32 Å². The van der Waals surface area contributed by atoms with Crippen molar-refractivity contribution in [2.45, 2.75) is 45.2 Å². The zero-order valence-corrected chi connectivity index (χ0v) is 14.6. The number of benzene rings is 1. The van der Waals surface area contributed by atoms with E-state index in [1.54, 1.807) is 11.8 Å². The number of amides is 2. The van der Waals surface area contributed by atoms with Crippen LogP contribution >= 0.6 is 0 Å². The molecule has 1 aromatic rings.